The molecule has 3 amide bonds. The fraction of sp³-hybridized carbons (Fsp3) is 0.444. The summed E-state index contributed by atoms with van der Waals surface area (Å²) >= 11 is 0. The zero-order chi connectivity index (χ0) is 24.7. The molecule has 0 bridgehead atoms. The summed E-state index contributed by atoms with van der Waals surface area (Å²) in [5, 5.41) is 2.77. The molecule has 7 nitrogen and oxygen atoms in total. The van der Waals surface area contributed by atoms with E-state index in [4.69, 9.17) is 0 Å². The van der Waals surface area contributed by atoms with Crippen molar-refractivity contribution in [2.45, 2.75) is 46.0 Å². The number of ketones is 1. The zero-order valence-electron chi connectivity index (χ0n) is 20.2. The van der Waals surface area contributed by atoms with Crippen molar-refractivity contribution >= 4 is 35.1 Å². The van der Waals surface area contributed by atoms with Gasteiger partial charge in [-0.2, -0.15) is 0 Å². The lowest BCUT2D eigenvalue weighted by Gasteiger charge is -2.34. The number of hydrogen-bond acceptors (Lipinski definition) is 3. The summed E-state index contributed by atoms with van der Waals surface area (Å²) in [6, 6.07) is 4.35. The molecule has 3 aliphatic heterocycles. The molecule has 3 aliphatic rings. The molecule has 2 fully saturated rings. The van der Waals surface area contributed by atoms with Crippen molar-refractivity contribution in [2.24, 2.45) is 5.92 Å². The number of likely N-dealkylation sites (tertiary alicyclic amines) is 2. The van der Waals surface area contributed by atoms with Crippen LogP contribution in [0.3, 0.4) is 0 Å². The number of carbonyl (C=O) groups excluding carboxylic acids is 3. The number of aryl methyl sites for hydroxylation is 1. The van der Waals surface area contributed by atoms with Crippen LogP contribution in [0.4, 0.5) is 14.9 Å². The highest BCUT2D eigenvalue weighted by Gasteiger charge is 2.31. The second-order valence-electron chi connectivity index (χ2n) is 9.85. The minimum atomic E-state index is -0.398. The first-order valence-electron chi connectivity index (χ1n) is 12.4. The molecule has 4 heterocycles. The summed E-state index contributed by atoms with van der Waals surface area (Å²) in [4.78, 5) is 45.4. The predicted octanol–water partition coefficient (Wildman–Crippen LogP) is 4.30. The number of rotatable bonds is 4. The van der Waals surface area contributed by atoms with Gasteiger partial charge in [0.25, 0.3) is 5.91 Å². The molecule has 1 aromatic carbocycles. The van der Waals surface area contributed by atoms with Crippen LogP contribution in [0.15, 0.2) is 18.2 Å². The minimum absolute atomic E-state index is 0.0522. The van der Waals surface area contributed by atoms with E-state index in [2.05, 4.69) is 10.3 Å². The number of Topliss-reactive ketones (excluding diaryl/α,β-unsaturated/α-hetero) is 1. The second kappa shape index (κ2) is 9.32. The van der Waals surface area contributed by atoms with Gasteiger partial charge in [0, 0.05) is 61.2 Å². The summed E-state index contributed by atoms with van der Waals surface area (Å²) < 4.78 is 13.8. The molecular weight excluding hydrogens is 447 g/mol. The zero-order valence-corrected chi connectivity index (χ0v) is 20.2. The van der Waals surface area contributed by atoms with Gasteiger partial charge in [0.05, 0.1) is 5.57 Å². The molecule has 2 aromatic rings. The summed E-state index contributed by atoms with van der Waals surface area (Å²) in [6.07, 6.45) is 5.59. The Kier molecular flexibility index (Phi) is 6.21. The van der Waals surface area contributed by atoms with Crippen molar-refractivity contribution in [3.8, 4) is 0 Å². The van der Waals surface area contributed by atoms with Crippen LogP contribution in [0.2, 0.25) is 0 Å². The first-order valence-corrected chi connectivity index (χ1v) is 12.4. The van der Waals surface area contributed by atoms with Gasteiger partial charge in [0.15, 0.2) is 0 Å². The standard InChI is InChI=1S/C27H31FN4O3/c1-16-20(15-25(33)18-7-11-32(12-8-18)27(35)31-9-3-4-10-31)17(2)29-24(16)14-22-21-13-19(28)5-6-23(21)30-26(22)34/h5-6,13-14,18,29H,3-4,7-12,15H2,1-2H3,(H,30,34)/b22-14-. The summed E-state index contributed by atoms with van der Waals surface area (Å²) in [5.74, 6) is -0.535. The van der Waals surface area contributed by atoms with Crippen LogP contribution in [0.5, 0.6) is 0 Å². The highest BCUT2D eigenvalue weighted by Crippen LogP contribution is 2.34. The number of hydrogen-bond donors (Lipinski definition) is 2. The largest absolute Gasteiger partial charge is 0.359 e. The number of halogens is 1. The van der Waals surface area contributed by atoms with E-state index in [1.165, 1.54) is 12.1 Å². The van der Waals surface area contributed by atoms with Crippen molar-refractivity contribution in [1.29, 1.82) is 0 Å². The Morgan fingerprint density at radius 1 is 1.09 bits per heavy atom. The molecule has 0 spiro atoms. The van der Waals surface area contributed by atoms with Gasteiger partial charge in [0.1, 0.15) is 11.6 Å². The van der Waals surface area contributed by atoms with Gasteiger partial charge in [-0.25, -0.2) is 9.18 Å². The lowest BCUT2D eigenvalue weighted by molar-refractivity contribution is -0.123. The number of H-pyrrole nitrogens is 1. The molecule has 184 valence electrons. The molecule has 0 atom stereocenters. The van der Waals surface area contributed by atoms with Crippen molar-refractivity contribution in [3.63, 3.8) is 0 Å². The Morgan fingerprint density at radius 2 is 1.77 bits per heavy atom. The average molecular weight is 479 g/mol. The van der Waals surface area contributed by atoms with Gasteiger partial charge in [-0.15, -0.1) is 0 Å². The van der Waals surface area contributed by atoms with Crippen molar-refractivity contribution in [3.05, 3.63) is 52.1 Å². The van der Waals surface area contributed by atoms with Crippen LogP contribution in [-0.4, -0.2) is 58.7 Å². The maximum atomic E-state index is 13.8. The minimum Gasteiger partial charge on any atom is -0.359 e. The number of aromatic nitrogens is 1. The molecule has 0 radical (unpaired) electrons. The van der Waals surface area contributed by atoms with Crippen molar-refractivity contribution in [2.75, 3.05) is 31.5 Å². The van der Waals surface area contributed by atoms with Crippen molar-refractivity contribution < 1.29 is 18.8 Å². The Labute approximate surface area is 204 Å². The molecule has 8 heteroatoms. The third kappa shape index (κ3) is 4.49. The molecule has 35 heavy (non-hydrogen) atoms. The Balaban J connectivity index is 1.27. The van der Waals surface area contributed by atoms with Gasteiger partial charge >= 0.3 is 6.03 Å². The number of carbonyl (C=O) groups is 3. The van der Waals surface area contributed by atoms with Gasteiger partial charge in [-0.3, -0.25) is 9.59 Å². The molecule has 5 rings (SSSR count). The van der Waals surface area contributed by atoms with Crippen LogP contribution < -0.4 is 5.32 Å². The van der Waals surface area contributed by atoms with Gasteiger partial charge in [0.2, 0.25) is 0 Å². The number of benzene rings is 1. The van der Waals surface area contributed by atoms with Gasteiger partial charge in [-0.1, -0.05) is 0 Å². The number of fused-ring (bicyclic) bond motifs is 1. The molecule has 1 aromatic heterocycles. The topological polar surface area (TPSA) is 85.5 Å². The van der Waals surface area contributed by atoms with E-state index >= 15 is 0 Å². The van der Waals surface area contributed by atoms with E-state index < -0.39 is 5.82 Å². The van der Waals surface area contributed by atoms with Crippen LogP contribution in [0, 0.1) is 25.6 Å². The maximum Gasteiger partial charge on any atom is 0.319 e. The van der Waals surface area contributed by atoms with E-state index in [-0.39, 0.29) is 23.6 Å². The number of nitrogens with zero attached hydrogens (tertiary/aromatic N) is 2. The quantitative estimate of drug-likeness (QED) is 0.643. The lowest BCUT2D eigenvalue weighted by Crippen LogP contribution is -2.46. The lowest BCUT2D eigenvalue weighted by atomic mass is 9.88. The third-order valence-electron chi connectivity index (χ3n) is 7.63. The molecule has 2 saturated heterocycles. The number of amides is 3. The number of aromatic amines is 1. The number of nitrogens with one attached hydrogen (secondary N) is 2. The Bertz CT molecular complexity index is 1220. The highest BCUT2D eigenvalue weighted by molar-refractivity contribution is 6.34. The van der Waals surface area contributed by atoms with Crippen LogP contribution >= 0.6 is 0 Å². The number of piperidine rings is 1. The highest BCUT2D eigenvalue weighted by atomic mass is 19.1. The van der Waals surface area contributed by atoms with E-state index in [0.29, 0.717) is 49.2 Å². The molecule has 0 unspecified atom stereocenters. The van der Waals surface area contributed by atoms with E-state index in [0.717, 1.165) is 48.4 Å². The first kappa shape index (κ1) is 23.3. The fourth-order valence-electron chi connectivity index (χ4n) is 5.49. The van der Waals surface area contributed by atoms with Crippen LogP contribution in [0.25, 0.3) is 11.6 Å². The maximum absolute atomic E-state index is 13.8. The van der Waals surface area contributed by atoms with E-state index in [1.54, 1.807) is 12.1 Å². The summed E-state index contributed by atoms with van der Waals surface area (Å²) in [5.41, 5.74) is 5.03. The smallest absolute Gasteiger partial charge is 0.319 e. The van der Waals surface area contributed by atoms with E-state index in [9.17, 15) is 18.8 Å². The first-order chi connectivity index (χ1) is 16.8. The average Bonchev–Trinajstić information content (AvgIpc) is 3.55. The van der Waals surface area contributed by atoms with Crippen LogP contribution in [-0.2, 0) is 16.0 Å². The van der Waals surface area contributed by atoms with Gasteiger partial charge in [-0.05, 0) is 74.9 Å². The van der Waals surface area contributed by atoms with Crippen molar-refractivity contribution in [1.82, 2.24) is 14.8 Å². The molecule has 2 N–H and O–H groups in total. The van der Waals surface area contributed by atoms with Gasteiger partial charge < -0.3 is 20.1 Å². The normalized spacial score (nSPS) is 19.4. The second-order valence-corrected chi connectivity index (χ2v) is 9.85. The SMILES string of the molecule is Cc1[nH]c(/C=C2\C(=O)Nc3ccc(F)cc32)c(C)c1CC(=O)C1CCN(C(=O)N2CCCC2)CC1. The van der Waals surface area contributed by atoms with Crippen LogP contribution in [0.1, 0.15) is 53.8 Å². The Hall–Kier alpha value is -3.42. The summed E-state index contributed by atoms with van der Waals surface area (Å²) in [7, 11) is 0. The number of anilines is 1. The third-order valence-corrected chi connectivity index (χ3v) is 7.63. The predicted molar refractivity (Wildman–Crippen MR) is 132 cm³/mol. The summed E-state index contributed by atoms with van der Waals surface area (Å²) in [6.45, 7) is 6.79. The molecule has 0 aliphatic carbocycles. The van der Waals surface area contributed by atoms with E-state index in [1.807, 2.05) is 23.6 Å². The Morgan fingerprint density at radius 3 is 2.49 bits per heavy atom. The monoisotopic (exact) mass is 478 g/mol. The molecule has 0 saturated carbocycles. The molecular formula is C27H31FN4O3. The number of urea groups is 1. The fourth-order valence-corrected chi connectivity index (χ4v) is 5.49.